The topological polar surface area (TPSA) is 154 Å². The highest BCUT2D eigenvalue weighted by Gasteiger charge is 2.21. The van der Waals surface area contributed by atoms with Crippen LogP contribution in [0.2, 0.25) is 0 Å². The van der Waals surface area contributed by atoms with E-state index in [0.29, 0.717) is 25.7 Å². The molecule has 0 aliphatic carbocycles. The molecule has 116 valence electrons. The molecule has 7 nitrogen and oxygen atoms in total. The van der Waals surface area contributed by atoms with Crippen LogP contribution in [0.3, 0.4) is 0 Å². The summed E-state index contributed by atoms with van der Waals surface area (Å²) in [6, 6.07) is 0. The minimum Gasteiger partial charge on any atom is -0.394 e. The first kappa shape index (κ1) is 18.7. The highest BCUT2D eigenvalue weighted by atomic mass is 16.5. The van der Waals surface area contributed by atoms with E-state index < -0.39 is 18.4 Å². The van der Waals surface area contributed by atoms with Gasteiger partial charge in [-0.15, -0.1) is 0 Å². The SMILES string of the molecule is CC(CO)OCC(O)C(CCC(N)N)CCC(N)N. The zero-order chi connectivity index (χ0) is 14.8. The van der Waals surface area contributed by atoms with E-state index >= 15 is 0 Å². The molecule has 0 fully saturated rings. The standard InChI is InChI=1S/C12H30N4O3/c1-8(6-17)19-7-10(18)9(2-4-11(13)14)3-5-12(15)16/h8-12,17-18H,2-7,13-16H2,1H3. The smallest absolute Gasteiger partial charge is 0.0801 e. The molecule has 0 rings (SSSR count). The summed E-state index contributed by atoms with van der Waals surface area (Å²) in [4.78, 5) is 0. The van der Waals surface area contributed by atoms with Crippen molar-refractivity contribution in [1.82, 2.24) is 0 Å². The van der Waals surface area contributed by atoms with Gasteiger partial charge in [0, 0.05) is 0 Å². The first-order valence-electron chi connectivity index (χ1n) is 6.79. The Morgan fingerprint density at radius 3 is 1.79 bits per heavy atom. The van der Waals surface area contributed by atoms with Crippen molar-refractivity contribution >= 4 is 0 Å². The minimum atomic E-state index is -0.633. The average molecular weight is 278 g/mol. The van der Waals surface area contributed by atoms with Gasteiger partial charge in [-0.05, 0) is 38.5 Å². The van der Waals surface area contributed by atoms with E-state index in [1.54, 1.807) is 6.92 Å². The maximum Gasteiger partial charge on any atom is 0.0801 e. The van der Waals surface area contributed by atoms with Crippen molar-refractivity contribution in [3.05, 3.63) is 0 Å². The van der Waals surface area contributed by atoms with Crippen LogP contribution < -0.4 is 22.9 Å². The molecule has 0 aliphatic rings. The van der Waals surface area contributed by atoms with Gasteiger partial charge in [0.1, 0.15) is 0 Å². The first-order valence-corrected chi connectivity index (χ1v) is 6.79. The molecule has 0 aliphatic heterocycles. The van der Waals surface area contributed by atoms with Gasteiger partial charge in [-0.2, -0.15) is 0 Å². The van der Waals surface area contributed by atoms with Gasteiger partial charge in [0.2, 0.25) is 0 Å². The molecule has 7 heteroatoms. The van der Waals surface area contributed by atoms with Gasteiger partial charge in [-0.3, -0.25) is 0 Å². The Labute approximate surface area is 115 Å². The second kappa shape index (κ2) is 10.5. The Hall–Kier alpha value is -0.280. The normalized spacial score (nSPS) is 15.5. The van der Waals surface area contributed by atoms with Crippen LogP contribution in [0.1, 0.15) is 32.6 Å². The van der Waals surface area contributed by atoms with Crippen LogP contribution in [-0.4, -0.2) is 48.0 Å². The predicted molar refractivity (Wildman–Crippen MR) is 74.8 cm³/mol. The first-order chi connectivity index (χ1) is 8.86. The molecule has 0 amide bonds. The fraction of sp³-hybridized carbons (Fsp3) is 1.00. The molecule has 0 aromatic carbocycles. The molecular formula is C12H30N4O3. The Bertz CT molecular complexity index is 205. The van der Waals surface area contributed by atoms with E-state index in [4.69, 9.17) is 32.8 Å². The van der Waals surface area contributed by atoms with E-state index in [0.717, 1.165) is 0 Å². The molecule has 0 aromatic rings. The summed E-state index contributed by atoms with van der Waals surface area (Å²) in [5.74, 6) is -0.00454. The monoisotopic (exact) mass is 278 g/mol. The van der Waals surface area contributed by atoms with Crippen LogP contribution in [0.5, 0.6) is 0 Å². The Morgan fingerprint density at radius 2 is 1.42 bits per heavy atom. The lowest BCUT2D eigenvalue weighted by Crippen LogP contribution is -2.36. The summed E-state index contributed by atoms with van der Waals surface area (Å²) >= 11 is 0. The molecule has 0 bridgehead atoms. The molecule has 0 saturated heterocycles. The van der Waals surface area contributed by atoms with Crippen molar-refractivity contribution in [1.29, 1.82) is 0 Å². The van der Waals surface area contributed by atoms with Crippen LogP contribution in [0.15, 0.2) is 0 Å². The Kier molecular flexibility index (Phi) is 10.3. The highest BCUT2D eigenvalue weighted by Crippen LogP contribution is 2.19. The van der Waals surface area contributed by atoms with Gasteiger partial charge in [-0.25, -0.2) is 0 Å². The Morgan fingerprint density at radius 1 is 0.947 bits per heavy atom. The molecule has 10 N–H and O–H groups in total. The molecule has 0 heterocycles. The summed E-state index contributed by atoms with van der Waals surface area (Å²) in [6.07, 6.45) is 0.936. The summed E-state index contributed by atoms with van der Waals surface area (Å²) in [7, 11) is 0. The quantitative estimate of drug-likeness (QED) is 0.249. The number of ether oxygens (including phenoxy) is 1. The highest BCUT2D eigenvalue weighted by molar-refractivity contribution is 4.72. The Balaban J connectivity index is 4.19. The number of hydrogen-bond acceptors (Lipinski definition) is 7. The van der Waals surface area contributed by atoms with Crippen molar-refractivity contribution in [3.63, 3.8) is 0 Å². The molecule has 0 aromatic heterocycles. The van der Waals surface area contributed by atoms with Crippen LogP contribution in [0.4, 0.5) is 0 Å². The maximum atomic E-state index is 10.1. The number of hydrogen-bond donors (Lipinski definition) is 6. The molecular weight excluding hydrogens is 248 g/mol. The fourth-order valence-electron chi connectivity index (χ4n) is 1.79. The van der Waals surface area contributed by atoms with Gasteiger partial charge >= 0.3 is 0 Å². The summed E-state index contributed by atoms with van der Waals surface area (Å²) in [5.41, 5.74) is 22.1. The van der Waals surface area contributed by atoms with E-state index in [9.17, 15) is 5.11 Å². The molecule has 19 heavy (non-hydrogen) atoms. The fourth-order valence-corrected chi connectivity index (χ4v) is 1.79. The lowest BCUT2D eigenvalue weighted by Gasteiger charge is -2.25. The number of aliphatic hydroxyl groups is 2. The molecule has 0 spiro atoms. The van der Waals surface area contributed by atoms with Crippen molar-refractivity contribution < 1.29 is 14.9 Å². The second-order valence-electron chi connectivity index (χ2n) is 5.14. The van der Waals surface area contributed by atoms with Crippen LogP contribution in [0.25, 0.3) is 0 Å². The van der Waals surface area contributed by atoms with Gasteiger partial charge in [-0.1, -0.05) is 0 Å². The van der Waals surface area contributed by atoms with Gasteiger partial charge in [0.15, 0.2) is 0 Å². The maximum absolute atomic E-state index is 10.1. The van der Waals surface area contributed by atoms with Gasteiger partial charge in [0.05, 0.1) is 37.8 Å². The largest absolute Gasteiger partial charge is 0.394 e. The number of aliphatic hydroxyl groups excluding tert-OH is 2. The predicted octanol–water partition coefficient (Wildman–Crippen LogP) is -1.59. The zero-order valence-electron chi connectivity index (χ0n) is 11.7. The molecule has 2 atom stereocenters. The van der Waals surface area contributed by atoms with Gasteiger partial charge in [0.25, 0.3) is 0 Å². The van der Waals surface area contributed by atoms with E-state index in [2.05, 4.69) is 0 Å². The third-order valence-corrected chi connectivity index (χ3v) is 3.09. The van der Waals surface area contributed by atoms with Crippen molar-refractivity contribution in [2.24, 2.45) is 28.9 Å². The zero-order valence-corrected chi connectivity index (χ0v) is 11.7. The van der Waals surface area contributed by atoms with E-state index in [1.165, 1.54) is 0 Å². The minimum absolute atomic E-state index is 0.00454. The summed E-state index contributed by atoms with van der Waals surface area (Å²) in [5, 5.41) is 19.0. The lowest BCUT2D eigenvalue weighted by molar-refractivity contribution is -0.0449. The van der Waals surface area contributed by atoms with E-state index in [1.807, 2.05) is 0 Å². The molecule has 0 radical (unpaired) electrons. The van der Waals surface area contributed by atoms with Crippen molar-refractivity contribution in [3.8, 4) is 0 Å². The number of rotatable bonds is 11. The lowest BCUT2D eigenvalue weighted by atomic mass is 9.91. The van der Waals surface area contributed by atoms with Crippen LogP contribution in [-0.2, 0) is 4.74 Å². The second-order valence-corrected chi connectivity index (χ2v) is 5.14. The summed E-state index contributed by atoms with van der Waals surface area (Å²) in [6.45, 7) is 1.85. The number of nitrogens with two attached hydrogens (primary N) is 4. The third kappa shape index (κ3) is 10.2. The summed E-state index contributed by atoms with van der Waals surface area (Å²) < 4.78 is 5.32. The van der Waals surface area contributed by atoms with Gasteiger partial charge < -0.3 is 37.9 Å². The van der Waals surface area contributed by atoms with E-state index in [-0.39, 0.29) is 25.2 Å². The third-order valence-electron chi connectivity index (χ3n) is 3.09. The van der Waals surface area contributed by atoms with Crippen molar-refractivity contribution in [2.45, 2.75) is 57.1 Å². The molecule has 0 saturated carbocycles. The molecule has 2 unspecified atom stereocenters. The van der Waals surface area contributed by atoms with Crippen LogP contribution in [0, 0.1) is 5.92 Å². The van der Waals surface area contributed by atoms with Crippen LogP contribution >= 0.6 is 0 Å². The van der Waals surface area contributed by atoms with Crippen molar-refractivity contribution in [2.75, 3.05) is 13.2 Å². The average Bonchev–Trinajstić information content (AvgIpc) is 2.34.